The Kier molecular flexibility index (Phi) is 5.89. The molecule has 0 aliphatic carbocycles. The molecule has 8 heteroatoms. The van der Waals surface area contributed by atoms with E-state index in [-0.39, 0.29) is 12.5 Å². The van der Waals surface area contributed by atoms with Gasteiger partial charge in [-0.3, -0.25) is 9.79 Å². The van der Waals surface area contributed by atoms with Crippen LogP contribution in [-0.2, 0) is 16.1 Å². The Morgan fingerprint density at radius 3 is 2.97 bits per heavy atom. The third-order valence-corrected chi connectivity index (χ3v) is 6.51. The van der Waals surface area contributed by atoms with Gasteiger partial charge in [0, 0.05) is 35.7 Å². The number of rotatable bonds is 7. The lowest BCUT2D eigenvalue weighted by atomic mass is 10.1. The van der Waals surface area contributed by atoms with Crippen LogP contribution < -0.4 is 9.64 Å². The highest BCUT2D eigenvalue weighted by atomic mass is 35.5. The van der Waals surface area contributed by atoms with Crippen LogP contribution in [0.15, 0.2) is 52.9 Å². The zero-order valence-electron chi connectivity index (χ0n) is 16.9. The number of nitrogens with zero attached hydrogens (tertiary/aromatic N) is 3. The van der Waals surface area contributed by atoms with E-state index >= 15 is 0 Å². The minimum Gasteiger partial charge on any atom is -0.481 e. The second-order valence-electron chi connectivity index (χ2n) is 7.46. The predicted molar refractivity (Wildman–Crippen MR) is 125 cm³/mol. The number of hydrogen-bond acceptors (Lipinski definition) is 6. The molecule has 3 aliphatic heterocycles. The maximum Gasteiger partial charge on any atom is 0.265 e. The quantitative estimate of drug-likeness (QED) is 0.579. The van der Waals surface area contributed by atoms with Crippen LogP contribution in [0, 0.1) is 0 Å². The number of fused-ring (bicyclic) bond motifs is 2. The first-order chi connectivity index (χ1) is 15.2. The van der Waals surface area contributed by atoms with Gasteiger partial charge in [-0.25, -0.2) is 0 Å². The molecular weight excluding hydrogens is 434 g/mol. The maximum atomic E-state index is 12.6. The molecule has 3 aliphatic rings. The van der Waals surface area contributed by atoms with Crippen LogP contribution in [0.2, 0.25) is 5.02 Å². The van der Waals surface area contributed by atoms with Crippen molar-refractivity contribution in [3.63, 3.8) is 0 Å². The minimum absolute atomic E-state index is 0.0217. The number of amides is 1. The van der Waals surface area contributed by atoms with Gasteiger partial charge in [-0.1, -0.05) is 53.7 Å². The van der Waals surface area contributed by atoms with Crippen molar-refractivity contribution < 1.29 is 14.3 Å². The molecule has 0 saturated heterocycles. The Hall–Kier alpha value is -2.48. The summed E-state index contributed by atoms with van der Waals surface area (Å²) in [6, 6.07) is 13.8. The molecule has 0 spiro atoms. The SMILES string of the molecule is O=C1COc2c(C3=CSC4=NCCN34)cc(Cl)cc2N1CCCOCc1ccccc1. The van der Waals surface area contributed by atoms with E-state index in [0.29, 0.717) is 30.5 Å². The lowest BCUT2D eigenvalue weighted by molar-refractivity contribution is -0.121. The molecule has 0 fully saturated rings. The molecule has 0 saturated carbocycles. The van der Waals surface area contributed by atoms with E-state index in [2.05, 4.69) is 15.3 Å². The van der Waals surface area contributed by atoms with Gasteiger partial charge in [0.2, 0.25) is 0 Å². The fraction of sp³-hybridized carbons (Fsp3) is 0.304. The van der Waals surface area contributed by atoms with Gasteiger partial charge < -0.3 is 19.3 Å². The summed E-state index contributed by atoms with van der Waals surface area (Å²) in [5, 5.41) is 3.65. The Labute approximate surface area is 190 Å². The first kappa shape index (κ1) is 20.4. The molecule has 5 rings (SSSR count). The highest BCUT2D eigenvalue weighted by molar-refractivity contribution is 8.16. The van der Waals surface area contributed by atoms with Crippen LogP contribution in [-0.4, -0.2) is 48.8 Å². The number of amidine groups is 1. The summed E-state index contributed by atoms with van der Waals surface area (Å²) in [6.45, 7) is 3.34. The van der Waals surface area contributed by atoms with E-state index < -0.39 is 0 Å². The molecule has 0 aromatic heterocycles. The molecule has 0 bridgehead atoms. The summed E-state index contributed by atoms with van der Waals surface area (Å²) in [7, 11) is 0. The Morgan fingerprint density at radius 2 is 2.10 bits per heavy atom. The number of carbonyl (C=O) groups is 1. The Balaban J connectivity index is 1.30. The lowest BCUT2D eigenvalue weighted by Crippen LogP contribution is -2.40. The van der Waals surface area contributed by atoms with E-state index in [1.165, 1.54) is 0 Å². The zero-order chi connectivity index (χ0) is 21.2. The Bertz CT molecular complexity index is 1060. The summed E-state index contributed by atoms with van der Waals surface area (Å²) in [5.41, 5.74) is 3.79. The average Bonchev–Trinajstić information content (AvgIpc) is 3.39. The van der Waals surface area contributed by atoms with Crippen LogP contribution >= 0.6 is 23.4 Å². The summed E-state index contributed by atoms with van der Waals surface area (Å²) in [4.78, 5) is 21.1. The van der Waals surface area contributed by atoms with E-state index in [1.54, 1.807) is 16.7 Å². The van der Waals surface area contributed by atoms with E-state index in [0.717, 1.165) is 47.2 Å². The third-order valence-electron chi connectivity index (χ3n) is 5.39. The first-order valence-electron chi connectivity index (χ1n) is 10.3. The average molecular weight is 456 g/mol. The van der Waals surface area contributed by atoms with Crippen molar-refractivity contribution in [2.75, 3.05) is 37.7 Å². The molecule has 0 radical (unpaired) electrons. The number of aliphatic imine (C=N–C) groups is 1. The maximum absolute atomic E-state index is 12.6. The number of anilines is 1. The molecule has 0 unspecified atom stereocenters. The first-order valence-corrected chi connectivity index (χ1v) is 11.5. The molecule has 3 heterocycles. The number of thioether (sulfide) groups is 1. The third kappa shape index (κ3) is 4.18. The number of halogens is 1. The van der Waals surface area contributed by atoms with E-state index in [9.17, 15) is 4.79 Å². The van der Waals surface area contributed by atoms with Crippen LogP contribution in [0.1, 0.15) is 17.5 Å². The van der Waals surface area contributed by atoms with Crippen molar-refractivity contribution in [2.24, 2.45) is 4.99 Å². The van der Waals surface area contributed by atoms with Crippen LogP contribution in [0.4, 0.5) is 5.69 Å². The van der Waals surface area contributed by atoms with Crippen LogP contribution in [0.5, 0.6) is 5.75 Å². The number of ether oxygens (including phenoxy) is 2. The van der Waals surface area contributed by atoms with Gasteiger partial charge in [-0.15, -0.1) is 0 Å². The number of carbonyl (C=O) groups excluding carboxylic acids is 1. The van der Waals surface area contributed by atoms with Crippen molar-refractivity contribution in [3.8, 4) is 5.75 Å². The van der Waals surface area contributed by atoms with Crippen molar-refractivity contribution >= 4 is 45.8 Å². The summed E-state index contributed by atoms with van der Waals surface area (Å²) in [5.74, 6) is 0.635. The Morgan fingerprint density at radius 1 is 1.23 bits per heavy atom. The predicted octanol–water partition coefficient (Wildman–Crippen LogP) is 4.39. The molecule has 0 N–H and O–H groups in total. The number of hydrogen-bond donors (Lipinski definition) is 0. The summed E-state index contributed by atoms with van der Waals surface area (Å²) < 4.78 is 11.7. The lowest BCUT2D eigenvalue weighted by Gasteiger charge is -2.32. The molecule has 2 aromatic rings. The monoisotopic (exact) mass is 455 g/mol. The van der Waals surface area contributed by atoms with Crippen LogP contribution in [0.3, 0.4) is 0 Å². The van der Waals surface area contributed by atoms with E-state index in [4.69, 9.17) is 21.1 Å². The van der Waals surface area contributed by atoms with Crippen LogP contribution in [0.25, 0.3) is 5.70 Å². The van der Waals surface area contributed by atoms with Gasteiger partial charge in [0.05, 0.1) is 24.5 Å². The molecule has 0 atom stereocenters. The largest absolute Gasteiger partial charge is 0.481 e. The van der Waals surface area contributed by atoms with Gasteiger partial charge in [0.25, 0.3) is 5.91 Å². The normalized spacial score (nSPS) is 17.3. The molecular formula is C23H22ClN3O3S. The fourth-order valence-corrected chi connectivity index (χ4v) is 5.10. The highest BCUT2D eigenvalue weighted by Crippen LogP contribution is 2.45. The van der Waals surface area contributed by atoms with E-state index in [1.807, 2.05) is 42.5 Å². The van der Waals surface area contributed by atoms with Gasteiger partial charge in [-0.2, -0.15) is 0 Å². The summed E-state index contributed by atoms with van der Waals surface area (Å²) in [6.07, 6.45) is 0.724. The van der Waals surface area contributed by atoms with Crippen molar-refractivity contribution in [1.29, 1.82) is 0 Å². The number of benzene rings is 2. The van der Waals surface area contributed by atoms with Crippen molar-refractivity contribution in [2.45, 2.75) is 13.0 Å². The topological polar surface area (TPSA) is 54.4 Å². The minimum atomic E-state index is -0.0676. The summed E-state index contributed by atoms with van der Waals surface area (Å²) >= 11 is 8.08. The van der Waals surface area contributed by atoms with Gasteiger partial charge in [-0.05, 0) is 24.1 Å². The highest BCUT2D eigenvalue weighted by Gasteiger charge is 2.33. The molecule has 2 aromatic carbocycles. The second kappa shape index (κ2) is 8.94. The second-order valence-corrected chi connectivity index (χ2v) is 8.74. The standard InChI is InChI=1S/C23H22ClN3O3S/c24-17-11-18(20-15-31-23-25-7-9-27(20)23)22-19(12-17)26(21(28)14-30-22)8-4-10-29-13-16-5-2-1-3-6-16/h1-3,5-6,11-12,15H,4,7-10,13-14H2. The van der Waals surface area contributed by atoms with Crippen molar-refractivity contribution in [1.82, 2.24) is 4.90 Å². The fourth-order valence-electron chi connectivity index (χ4n) is 3.93. The molecule has 160 valence electrons. The smallest absolute Gasteiger partial charge is 0.265 e. The van der Waals surface area contributed by atoms with Gasteiger partial charge in [0.1, 0.15) is 0 Å². The molecule has 1 amide bonds. The van der Waals surface area contributed by atoms with Crippen molar-refractivity contribution in [3.05, 3.63) is 64.0 Å². The molecule has 31 heavy (non-hydrogen) atoms. The molecule has 6 nitrogen and oxygen atoms in total. The zero-order valence-corrected chi connectivity index (χ0v) is 18.5. The van der Waals surface area contributed by atoms with Gasteiger partial charge >= 0.3 is 0 Å². The van der Waals surface area contributed by atoms with Gasteiger partial charge in [0.15, 0.2) is 17.5 Å².